The Kier molecular flexibility index (Phi) is 12.3. The van der Waals surface area contributed by atoms with Crippen LogP contribution >= 0.6 is 0 Å². The first-order chi connectivity index (χ1) is 13.0. The molecular weight excluding hydrogens is 324 g/mol. The van der Waals surface area contributed by atoms with E-state index in [1.807, 2.05) is 13.8 Å². The molecule has 4 saturated carbocycles. The van der Waals surface area contributed by atoms with E-state index in [0.29, 0.717) is 0 Å². The van der Waals surface area contributed by atoms with E-state index in [9.17, 15) is 0 Å². The molecule has 0 heterocycles. The van der Waals surface area contributed by atoms with Gasteiger partial charge in [0.15, 0.2) is 0 Å². The van der Waals surface area contributed by atoms with Gasteiger partial charge < -0.3 is 0 Å². The molecule has 0 aromatic rings. The summed E-state index contributed by atoms with van der Waals surface area (Å²) in [5.41, 5.74) is 1.72. The fourth-order valence-corrected chi connectivity index (χ4v) is 5.73. The fraction of sp³-hybridized carbons (Fsp3) is 1.00. The van der Waals surface area contributed by atoms with Crippen LogP contribution < -0.4 is 0 Å². The number of hydrogen-bond donors (Lipinski definition) is 0. The molecule has 0 aromatic carbocycles. The summed E-state index contributed by atoms with van der Waals surface area (Å²) in [7, 11) is 0. The van der Waals surface area contributed by atoms with Gasteiger partial charge in [-0.25, -0.2) is 0 Å². The lowest BCUT2D eigenvalue weighted by Crippen LogP contribution is -2.33. The quantitative estimate of drug-likeness (QED) is 0.393. The van der Waals surface area contributed by atoms with Gasteiger partial charge in [0.1, 0.15) is 0 Å². The summed E-state index contributed by atoms with van der Waals surface area (Å²) in [6, 6.07) is 0. The molecule has 4 fully saturated rings. The third-order valence-corrected chi connectivity index (χ3v) is 8.00. The first kappa shape index (κ1) is 25.0. The Hall–Kier alpha value is 0. The van der Waals surface area contributed by atoms with Gasteiger partial charge in [-0.15, -0.1) is 0 Å². The SMILES string of the molecule is CC.CC1CCC2(CCC2)CC1.CC1CCC2(CCCCC2)CC1.CCC. The standard InChI is InChI=1S/C12H22.C10H18.C3H8.C2H6/c1-11-5-9-12(10-6-11)7-3-2-4-8-12;1-9-3-7-10(8-4-9)5-2-6-10;1-3-2;1-2/h11H,2-10H2,1H3;9H,2-8H2,1H3;3H2,1-2H3;1-2H3. The van der Waals surface area contributed by atoms with Crippen LogP contribution in [0.1, 0.15) is 151 Å². The minimum Gasteiger partial charge on any atom is -0.0683 e. The Bertz CT molecular complexity index is 325. The van der Waals surface area contributed by atoms with Gasteiger partial charge >= 0.3 is 0 Å². The largest absolute Gasteiger partial charge is 0.0683 e. The summed E-state index contributed by atoms with van der Waals surface area (Å²) in [6.45, 7) is 13.1. The highest BCUT2D eigenvalue weighted by Gasteiger charge is 2.38. The zero-order valence-corrected chi connectivity index (χ0v) is 20.2. The van der Waals surface area contributed by atoms with Gasteiger partial charge in [-0.1, -0.05) is 99.3 Å². The molecule has 0 amide bonds. The van der Waals surface area contributed by atoms with Crippen molar-refractivity contribution in [3.05, 3.63) is 0 Å². The van der Waals surface area contributed by atoms with E-state index in [1.165, 1.54) is 57.8 Å². The summed E-state index contributed by atoms with van der Waals surface area (Å²) in [5, 5.41) is 0. The predicted octanol–water partition coefficient (Wildman–Crippen LogP) is 9.96. The van der Waals surface area contributed by atoms with Gasteiger partial charge in [0.05, 0.1) is 0 Å². The summed E-state index contributed by atoms with van der Waals surface area (Å²) in [4.78, 5) is 0. The molecule has 4 aliphatic carbocycles. The first-order valence-electron chi connectivity index (χ1n) is 13.0. The maximum Gasteiger partial charge on any atom is -0.0297 e. The maximum atomic E-state index is 2.43. The highest BCUT2D eigenvalue weighted by atomic mass is 14.4. The van der Waals surface area contributed by atoms with Crippen LogP contribution in [-0.2, 0) is 0 Å². The highest BCUT2D eigenvalue weighted by Crippen LogP contribution is 2.52. The van der Waals surface area contributed by atoms with Crippen molar-refractivity contribution in [2.24, 2.45) is 22.7 Å². The average molecular weight is 379 g/mol. The lowest BCUT2D eigenvalue weighted by molar-refractivity contribution is 0.0592. The molecule has 0 N–H and O–H groups in total. The monoisotopic (exact) mass is 378 g/mol. The summed E-state index contributed by atoms with van der Waals surface area (Å²) in [6.07, 6.45) is 25.8. The molecule has 27 heavy (non-hydrogen) atoms. The van der Waals surface area contributed by atoms with Crippen molar-refractivity contribution in [3.8, 4) is 0 Å². The highest BCUT2D eigenvalue weighted by molar-refractivity contribution is 4.91. The van der Waals surface area contributed by atoms with Gasteiger partial charge in [-0.2, -0.15) is 0 Å². The van der Waals surface area contributed by atoms with E-state index in [-0.39, 0.29) is 0 Å². The molecule has 2 spiro atoms. The van der Waals surface area contributed by atoms with E-state index >= 15 is 0 Å². The number of hydrogen-bond acceptors (Lipinski definition) is 0. The number of rotatable bonds is 0. The molecule has 0 aliphatic heterocycles. The molecule has 162 valence electrons. The minimum absolute atomic E-state index is 0.838. The van der Waals surface area contributed by atoms with Crippen molar-refractivity contribution >= 4 is 0 Å². The van der Waals surface area contributed by atoms with Crippen LogP contribution in [0.2, 0.25) is 0 Å². The third kappa shape index (κ3) is 8.49. The maximum absolute atomic E-state index is 2.43. The molecule has 0 heteroatoms. The molecule has 0 radical (unpaired) electrons. The molecule has 4 rings (SSSR count). The van der Waals surface area contributed by atoms with Gasteiger partial charge in [0.2, 0.25) is 0 Å². The van der Waals surface area contributed by atoms with E-state index in [0.717, 1.165) is 22.7 Å². The summed E-state index contributed by atoms with van der Waals surface area (Å²) in [5.74, 6) is 2.06. The summed E-state index contributed by atoms with van der Waals surface area (Å²) < 4.78 is 0. The topological polar surface area (TPSA) is 0 Å². The van der Waals surface area contributed by atoms with Crippen molar-refractivity contribution in [1.82, 2.24) is 0 Å². The minimum atomic E-state index is 0.838. The van der Waals surface area contributed by atoms with Crippen molar-refractivity contribution in [2.75, 3.05) is 0 Å². The van der Waals surface area contributed by atoms with Crippen LogP contribution in [0.4, 0.5) is 0 Å². The van der Waals surface area contributed by atoms with Gasteiger partial charge in [-0.05, 0) is 74.0 Å². The van der Waals surface area contributed by atoms with E-state index in [1.54, 1.807) is 51.4 Å². The zero-order valence-electron chi connectivity index (χ0n) is 20.2. The Morgan fingerprint density at radius 2 is 0.815 bits per heavy atom. The smallest absolute Gasteiger partial charge is 0.0297 e. The molecule has 0 atom stereocenters. The second kappa shape index (κ2) is 13.3. The van der Waals surface area contributed by atoms with Gasteiger partial charge in [-0.3, -0.25) is 0 Å². The van der Waals surface area contributed by atoms with Crippen molar-refractivity contribution in [3.63, 3.8) is 0 Å². The third-order valence-electron chi connectivity index (χ3n) is 8.00. The lowest BCUT2D eigenvalue weighted by atomic mass is 9.59. The van der Waals surface area contributed by atoms with E-state index < -0.39 is 0 Å². The molecule has 4 aliphatic rings. The fourth-order valence-electron chi connectivity index (χ4n) is 5.73. The second-order valence-corrected chi connectivity index (χ2v) is 10.5. The average Bonchev–Trinajstić information content (AvgIpc) is 2.68. The van der Waals surface area contributed by atoms with Crippen LogP contribution in [0.15, 0.2) is 0 Å². The van der Waals surface area contributed by atoms with Crippen LogP contribution in [-0.4, -0.2) is 0 Å². The van der Waals surface area contributed by atoms with Gasteiger partial charge in [0.25, 0.3) is 0 Å². The zero-order chi connectivity index (χ0) is 20.2. The van der Waals surface area contributed by atoms with Crippen molar-refractivity contribution < 1.29 is 0 Å². The molecule has 0 unspecified atom stereocenters. The van der Waals surface area contributed by atoms with Gasteiger partial charge in [0, 0.05) is 0 Å². The Morgan fingerprint density at radius 3 is 1.07 bits per heavy atom. The predicted molar refractivity (Wildman–Crippen MR) is 124 cm³/mol. The Labute approximate surface area is 173 Å². The van der Waals surface area contributed by atoms with Crippen molar-refractivity contribution in [1.29, 1.82) is 0 Å². The Balaban J connectivity index is 0.000000221. The van der Waals surface area contributed by atoms with Crippen molar-refractivity contribution in [2.45, 2.75) is 151 Å². The van der Waals surface area contributed by atoms with Crippen LogP contribution in [0.3, 0.4) is 0 Å². The molecule has 0 saturated heterocycles. The van der Waals surface area contributed by atoms with Crippen LogP contribution in [0, 0.1) is 22.7 Å². The Morgan fingerprint density at radius 1 is 0.519 bits per heavy atom. The van der Waals surface area contributed by atoms with E-state index in [2.05, 4.69) is 27.7 Å². The molecule has 0 bridgehead atoms. The second-order valence-electron chi connectivity index (χ2n) is 10.5. The lowest BCUT2D eigenvalue weighted by Gasteiger charge is -2.46. The normalized spacial score (nSPS) is 28.4. The van der Waals surface area contributed by atoms with Crippen LogP contribution in [0.25, 0.3) is 0 Å². The molecule has 0 nitrogen and oxygen atoms in total. The molecular formula is C27H54. The first-order valence-corrected chi connectivity index (χ1v) is 13.0. The van der Waals surface area contributed by atoms with E-state index in [4.69, 9.17) is 0 Å². The molecule has 0 aromatic heterocycles. The summed E-state index contributed by atoms with van der Waals surface area (Å²) >= 11 is 0. The van der Waals surface area contributed by atoms with Crippen LogP contribution in [0.5, 0.6) is 0 Å².